The SMILES string of the molecule is Fc1ccc(SCCNCCc2ccsc2)cc1F. The lowest BCUT2D eigenvalue weighted by Crippen LogP contribution is -2.19. The molecule has 0 radical (unpaired) electrons. The molecule has 19 heavy (non-hydrogen) atoms. The van der Waals surface area contributed by atoms with Crippen LogP contribution in [-0.2, 0) is 6.42 Å². The summed E-state index contributed by atoms with van der Waals surface area (Å²) in [4.78, 5) is 0.763. The first-order valence-corrected chi connectivity index (χ1v) is 7.98. The Morgan fingerprint density at radius 2 is 2.00 bits per heavy atom. The number of hydrogen-bond donors (Lipinski definition) is 1. The van der Waals surface area contributed by atoms with Crippen molar-refractivity contribution in [3.05, 3.63) is 52.2 Å². The zero-order valence-electron chi connectivity index (χ0n) is 10.4. The molecule has 1 heterocycles. The molecule has 1 nitrogen and oxygen atoms in total. The van der Waals surface area contributed by atoms with Crippen LogP contribution in [0.15, 0.2) is 39.9 Å². The standard InChI is InChI=1S/C14H15F2NS2/c15-13-2-1-12(9-14(13)16)19-8-6-17-5-3-11-4-7-18-10-11/h1-2,4,7,9-10,17H,3,5-6,8H2. The maximum Gasteiger partial charge on any atom is 0.159 e. The van der Waals surface area contributed by atoms with Crippen molar-refractivity contribution in [2.75, 3.05) is 18.8 Å². The second-order valence-corrected chi connectivity index (χ2v) is 6.00. The van der Waals surface area contributed by atoms with Gasteiger partial charge in [-0.25, -0.2) is 8.78 Å². The van der Waals surface area contributed by atoms with E-state index >= 15 is 0 Å². The number of halogens is 2. The molecular weight excluding hydrogens is 284 g/mol. The van der Waals surface area contributed by atoms with E-state index in [0.717, 1.165) is 30.2 Å². The van der Waals surface area contributed by atoms with Gasteiger partial charge in [-0.2, -0.15) is 11.3 Å². The minimum Gasteiger partial charge on any atom is -0.316 e. The number of thioether (sulfide) groups is 1. The lowest BCUT2D eigenvalue weighted by Gasteiger charge is -2.04. The summed E-state index contributed by atoms with van der Waals surface area (Å²) in [6.07, 6.45) is 1.03. The lowest BCUT2D eigenvalue weighted by molar-refractivity contribution is 0.506. The van der Waals surface area contributed by atoms with Crippen molar-refractivity contribution >= 4 is 23.1 Å². The maximum absolute atomic E-state index is 13.0. The molecule has 2 rings (SSSR count). The molecule has 1 aromatic heterocycles. The van der Waals surface area contributed by atoms with Crippen LogP contribution in [-0.4, -0.2) is 18.8 Å². The van der Waals surface area contributed by atoms with E-state index in [4.69, 9.17) is 0 Å². The van der Waals surface area contributed by atoms with Crippen molar-refractivity contribution in [2.45, 2.75) is 11.3 Å². The van der Waals surface area contributed by atoms with Gasteiger partial charge in [0.1, 0.15) is 0 Å². The summed E-state index contributed by atoms with van der Waals surface area (Å²) in [5.41, 5.74) is 1.35. The van der Waals surface area contributed by atoms with Crippen molar-refractivity contribution in [1.29, 1.82) is 0 Å². The predicted molar refractivity (Wildman–Crippen MR) is 78.0 cm³/mol. The van der Waals surface area contributed by atoms with Crippen LogP contribution in [0.25, 0.3) is 0 Å². The van der Waals surface area contributed by atoms with Crippen LogP contribution in [0.1, 0.15) is 5.56 Å². The van der Waals surface area contributed by atoms with Gasteiger partial charge in [-0.05, 0) is 53.6 Å². The van der Waals surface area contributed by atoms with E-state index in [1.54, 1.807) is 17.4 Å². The van der Waals surface area contributed by atoms with E-state index in [1.807, 2.05) is 0 Å². The Labute approximate surface area is 120 Å². The Hall–Kier alpha value is -0.910. The molecule has 0 unspecified atom stereocenters. The van der Waals surface area contributed by atoms with Gasteiger partial charge >= 0.3 is 0 Å². The molecule has 5 heteroatoms. The Kier molecular flexibility index (Phi) is 5.82. The first kappa shape index (κ1) is 14.5. The van der Waals surface area contributed by atoms with E-state index in [-0.39, 0.29) is 0 Å². The molecule has 0 amide bonds. The van der Waals surface area contributed by atoms with Crippen LogP contribution in [0.2, 0.25) is 0 Å². The summed E-state index contributed by atoms with van der Waals surface area (Å²) in [5.74, 6) is -0.733. The highest BCUT2D eigenvalue weighted by atomic mass is 32.2. The van der Waals surface area contributed by atoms with Gasteiger partial charge in [0.25, 0.3) is 0 Å². The van der Waals surface area contributed by atoms with Crippen molar-refractivity contribution in [1.82, 2.24) is 5.32 Å². The third kappa shape index (κ3) is 4.93. The van der Waals surface area contributed by atoms with E-state index in [2.05, 4.69) is 22.1 Å². The van der Waals surface area contributed by atoms with Crippen LogP contribution in [0.4, 0.5) is 8.78 Å². The van der Waals surface area contributed by atoms with Crippen molar-refractivity contribution < 1.29 is 8.78 Å². The molecule has 2 aromatic rings. The minimum absolute atomic E-state index is 0.763. The number of hydrogen-bond acceptors (Lipinski definition) is 3. The number of thiophene rings is 1. The van der Waals surface area contributed by atoms with Crippen LogP contribution >= 0.6 is 23.1 Å². The third-order valence-corrected chi connectivity index (χ3v) is 4.34. The Morgan fingerprint density at radius 1 is 1.11 bits per heavy atom. The summed E-state index contributed by atoms with van der Waals surface area (Å²) < 4.78 is 25.7. The summed E-state index contributed by atoms with van der Waals surface area (Å²) >= 11 is 3.23. The molecule has 1 N–H and O–H groups in total. The molecule has 0 atom stereocenters. The molecule has 0 aliphatic carbocycles. The minimum atomic E-state index is -0.793. The highest BCUT2D eigenvalue weighted by molar-refractivity contribution is 7.99. The van der Waals surface area contributed by atoms with E-state index in [9.17, 15) is 8.78 Å². The molecule has 0 saturated carbocycles. The summed E-state index contributed by atoms with van der Waals surface area (Å²) in [5, 5.41) is 7.56. The zero-order valence-corrected chi connectivity index (χ0v) is 12.0. The van der Waals surface area contributed by atoms with Gasteiger partial charge < -0.3 is 5.32 Å². The quantitative estimate of drug-likeness (QED) is 0.614. The van der Waals surface area contributed by atoms with Gasteiger partial charge in [0.05, 0.1) is 0 Å². The molecule has 0 aliphatic rings. The molecule has 102 valence electrons. The van der Waals surface area contributed by atoms with Gasteiger partial charge in [-0.3, -0.25) is 0 Å². The number of nitrogens with one attached hydrogen (secondary N) is 1. The normalized spacial score (nSPS) is 10.8. The molecule has 0 saturated heterocycles. The fourth-order valence-corrected chi connectivity index (χ4v) is 3.14. The van der Waals surface area contributed by atoms with Crippen LogP contribution in [0.3, 0.4) is 0 Å². The maximum atomic E-state index is 13.0. The monoisotopic (exact) mass is 299 g/mol. The second-order valence-electron chi connectivity index (χ2n) is 4.06. The van der Waals surface area contributed by atoms with Gasteiger partial charge in [0.2, 0.25) is 0 Å². The lowest BCUT2D eigenvalue weighted by atomic mass is 10.2. The zero-order chi connectivity index (χ0) is 13.5. The van der Waals surface area contributed by atoms with E-state index in [0.29, 0.717) is 0 Å². The van der Waals surface area contributed by atoms with Gasteiger partial charge in [0.15, 0.2) is 11.6 Å². The van der Waals surface area contributed by atoms with E-state index < -0.39 is 11.6 Å². The molecule has 0 aliphatic heterocycles. The van der Waals surface area contributed by atoms with Gasteiger partial charge in [0, 0.05) is 17.2 Å². The number of rotatable bonds is 7. The molecule has 1 aromatic carbocycles. The summed E-state index contributed by atoms with van der Waals surface area (Å²) in [6.45, 7) is 1.79. The largest absolute Gasteiger partial charge is 0.316 e. The summed E-state index contributed by atoms with van der Waals surface area (Å²) in [6, 6.07) is 6.14. The van der Waals surface area contributed by atoms with Crippen molar-refractivity contribution in [3.8, 4) is 0 Å². The Bertz CT molecular complexity index is 500. The summed E-state index contributed by atoms with van der Waals surface area (Å²) in [7, 11) is 0. The first-order chi connectivity index (χ1) is 9.25. The third-order valence-electron chi connectivity index (χ3n) is 2.61. The fourth-order valence-electron chi connectivity index (χ4n) is 1.60. The molecule has 0 fully saturated rings. The predicted octanol–water partition coefficient (Wildman–Crippen LogP) is 3.95. The van der Waals surface area contributed by atoms with Gasteiger partial charge in [-0.15, -0.1) is 11.8 Å². The smallest absolute Gasteiger partial charge is 0.159 e. The van der Waals surface area contributed by atoms with Crippen LogP contribution in [0, 0.1) is 11.6 Å². The molecule has 0 bridgehead atoms. The average molecular weight is 299 g/mol. The Balaban J connectivity index is 1.60. The molecular formula is C14H15F2NS2. The fraction of sp³-hybridized carbons (Fsp3) is 0.286. The van der Waals surface area contributed by atoms with Crippen LogP contribution in [0.5, 0.6) is 0 Å². The second kappa shape index (κ2) is 7.62. The average Bonchev–Trinajstić information content (AvgIpc) is 2.91. The van der Waals surface area contributed by atoms with Gasteiger partial charge in [-0.1, -0.05) is 0 Å². The highest BCUT2D eigenvalue weighted by Crippen LogP contribution is 2.19. The van der Waals surface area contributed by atoms with E-state index in [1.165, 1.54) is 29.5 Å². The van der Waals surface area contributed by atoms with Crippen LogP contribution < -0.4 is 5.32 Å². The van der Waals surface area contributed by atoms with Crippen molar-refractivity contribution in [2.24, 2.45) is 0 Å². The first-order valence-electron chi connectivity index (χ1n) is 6.05. The highest BCUT2D eigenvalue weighted by Gasteiger charge is 2.02. The molecule has 0 spiro atoms. The van der Waals surface area contributed by atoms with Crippen molar-refractivity contribution in [3.63, 3.8) is 0 Å². The number of benzene rings is 1. The topological polar surface area (TPSA) is 12.0 Å². The Morgan fingerprint density at radius 3 is 2.74 bits per heavy atom.